The molecule has 1 unspecified atom stereocenters. The lowest BCUT2D eigenvalue weighted by molar-refractivity contribution is 0.279. The molecule has 0 aliphatic carbocycles. The smallest absolute Gasteiger partial charge is 0.101 e. The zero-order chi connectivity index (χ0) is 13.0. The van der Waals surface area contributed by atoms with Gasteiger partial charge >= 0.3 is 0 Å². The lowest BCUT2D eigenvalue weighted by atomic mass is 10.1. The van der Waals surface area contributed by atoms with Crippen molar-refractivity contribution in [3.63, 3.8) is 0 Å². The molecular formula is C14H17ClN2O. The average molecular weight is 265 g/mol. The molecule has 0 aromatic heterocycles. The largest absolute Gasteiger partial charge is 0.396 e. The summed E-state index contributed by atoms with van der Waals surface area (Å²) >= 11 is 6.07. The molecule has 4 heteroatoms. The van der Waals surface area contributed by atoms with Crippen molar-refractivity contribution < 1.29 is 5.11 Å². The minimum absolute atomic E-state index is 0.248. The van der Waals surface area contributed by atoms with E-state index in [4.69, 9.17) is 22.0 Å². The molecule has 0 radical (unpaired) electrons. The van der Waals surface area contributed by atoms with Gasteiger partial charge in [0.1, 0.15) is 6.07 Å². The molecule has 0 amide bonds. The van der Waals surface area contributed by atoms with Crippen molar-refractivity contribution in [2.75, 3.05) is 18.1 Å². The Balaban J connectivity index is 2.15. The fourth-order valence-corrected chi connectivity index (χ4v) is 2.79. The number of halogens is 1. The summed E-state index contributed by atoms with van der Waals surface area (Å²) < 4.78 is 0. The van der Waals surface area contributed by atoms with E-state index in [-0.39, 0.29) is 6.61 Å². The highest BCUT2D eigenvalue weighted by Gasteiger charge is 2.24. The Labute approximate surface area is 113 Å². The zero-order valence-electron chi connectivity index (χ0n) is 10.3. The van der Waals surface area contributed by atoms with Gasteiger partial charge in [0.25, 0.3) is 0 Å². The number of hydrogen-bond acceptors (Lipinski definition) is 3. The van der Waals surface area contributed by atoms with Gasteiger partial charge in [-0.3, -0.25) is 0 Å². The summed E-state index contributed by atoms with van der Waals surface area (Å²) in [6.45, 7) is 1.27. The van der Waals surface area contributed by atoms with Crippen LogP contribution in [0.2, 0.25) is 5.02 Å². The van der Waals surface area contributed by atoms with Gasteiger partial charge in [-0.25, -0.2) is 0 Å². The summed E-state index contributed by atoms with van der Waals surface area (Å²) in [7, 11) is 0. The van der Waals surface area contributed by atoms with E-state index in [1.54, 1.807) is 6.07 Å². The first-order valence-electron chi connectivity index (χ1n) is 6.33. The van der Waals surface area contributed by atoms with Crippen LogP contribution in [-0.4, -0.2) is 24.3 Å². The number of hydrogen-bond donors (Lipinski definition) is 1. The number of aliphatic hydroxyl groups is 1. The Morgan fingerprint density at radius 1 is 1.50 bits per heavy atom. The van der Waals surface area contributed by atoms with E-state index in [1.807, 2.05) is 12.1 Å². The molecule has 2 rings (SSSR count). The fourth-order valence-electron chi connectivity index (χ4n) is 2.58. The molecule has 0 saturated carbocycles. The Morgan fingerprint density at radius 2 is 2.33 bits per heavy atom. The third-order valence-electron chi connectivity index (χ3n) is 3.48. The molecule has 18 heavy (non-hydrogen) atoms. The molecule has 1 aliphatic rings. The molecule has 1 aliphatic heterocycles. The van der Waals surface area contributed by atoms with Crippen LogP contribution in [0.5, 0.6) is 0 Å². The van der Waals surface area contributed by atoms with Crippen LogP contribution in [0.3, 0.4) is 0 Å². The summed E-state index contributed by atoms with van der Waals surface area (Å²) in [6, 6.07) is 8.17. The van der Waals surface area contributed by atoms with Gasteiger partial charge in [0.05, 0.1) is 10.6 Å². The van der Waals surface area contributed by atoms with E-state index < -0.39 is 0 Å². The third-order valence-corrected chi connectivity index (χ3v) is 3.79. The van der Waals surface area contributed by atoms with Gasteiger partial charge in [0, 0.05) is 24.9 Å². The Kier molecular flexibility index (Phi) is 4.46. The van der Waals surface area contributed by atoms with Crippen molar-refractivity contribution in [2.45, 2.75) is 31.7 Å². The van der Waals surface area contributed by atoms with E-state index in [9.17, 15) is 0 Å². The normalized spacial score (nSPS) is 18.9. The van der Waals surface area contributed by atoms with Crippen molar-refractivity contribution in [1.29, 1.82) is 5.26 Å². The van der Waals surface area contributed by atoms with Crippen LogP contribution in [-0.2, 0) is 0 Å². The summed E-state index contributed by atoms with van der Waals surface area (Å²) in [5.74, 6) is 0. The van der Waals surface area contributed by atoms with Crippen LogP contribution in [0.15, 0.2) is 18.2 Å². The maximum atomic E-state index is 8.92. The highest BCUT2D eigenvalue weighted by Crippen LogP contribution is 2.30. The highest BCUT2D eigenvalue weighted by molar-refractivity contribution is 6.32. The summed E-state index contributed by atoms with van der Waals surface area (Å²) in [5.41, 5.74) is 1.60. The predicted molar refractivity (Wildman–Crippen MR) is 72.9 cm³/mol. The van der Waals surface area contributed by atoms with Crippen LogP contribution in [0.25, 0.3) is 0 Å². The monoisotopic (exact) mass is 264 g/mol. The van der Waals surface area contributed by atoms with Crippen LogP contribution in [0.1, 0.15) is 31.2 Å². The second-order valence-corrected chi connectivity index (χ2v) is 5.04. The lowest BCUT2D eigenvalue weighted by Gasteiger charge is -2.27. The third kappa shape index (κ3) is 2.77. The molecule has 1 aromatic carbocycles. The SMILES string of the molecule is N#Cc1ccc(N2CCCC2CCCO)cc1Cl. The van der Waals surface area contributed by atoms with Gasteiger partial charge < -0.3 is 10.0 Å². The molecule has 0 bridgehead atoms. The first kappa shape index (κ1) is 13.2. The Bertz CT molecular complexity index is 456. The second-order valence-electron chi connectivity index (χ2n) is 4.63. The predicted octanol–water partition coefficient (Wildman–Crippen LogP) is 2.95. The molecule has 96 valence electrons. The van der Waals surface area contributed by atoms with E-state index in [0.29, 0.717) is 16.6 Å². The molecule has 1 saturated heterocycles. The quantitative estimate of drug-likeness (QED) is 0.910. The first-order valence-corrected chi connectivity index (χ1v) is 6.71. The number of nitriles is 1. The summed E-state index contributed by atoms with van der Waals surface area (Å²) in [5, 5.41) is 18.3. The maximum absolute atomic E-state index is 8.92. The van der Waals surface area contributed by atoms with Gasteiger partial charge in [0.2, 0.25) is 0 Å². The molecule has 1 fully saturated rings. The zero-order valence-corrected chi connectivity index (χ0v) is 11.0. The molecule has 1 heterocycles. The molecular weight excluding hydrogens is 248 g/mol. The van der Waals surface area contributed by atoms with Crippen molar-refractivity contribution >= 4 is 17.3 Å². The van der Waals surface area contributed by atoms with E-state index in [0.717, 1.165) is 31.5 Å². The Hall–Kier alpha value is -1.24. The molecule has 1 aromatic rings. The minimum Gasteiger partial charge on any atom is -0.396 e. The van der Waals surface area contributed by atoms with Crippen molar-refractivity contribution in [3.8, 4) is 6.07 Å². The number of rotatable bonds is 4. The van der Waals surface area contributed by atoms with Crippen LogP contribution in [0.4, 0.5) is 5.69 Å². The van der Waals surface area contributed by atoms with Gasteiger partial charge in [-0.05, 0) is 43.9 Å². The van der Waals surface area contributed by atoms with E-state index in [2.05, 4.69) is 11.0 Å². The minimum atomic E-state index is 0.248. The molecule has 0 spiro atoms. The van der Waals surface area contributed by atoms with Gasteiger partial charge in [-0.1, -0.05) is 11.6 Å². The summed E-state index contributed by atoms with van der Waals surface area (Å²) in [4.78, 5) is 2.34. The standard InChI is InChI=1S/C14H17ClN2O/c15-14-9-13(6-5-11(14)10-16)17-7-1-3-12(17)4-2-8-18/h5-6,9,12,18H,1-4,7-8H2. The van der Waals surface area contributed by atoms with E-state index in [1.165, 1.54) is 6.42 Å². The summed E-state index contributed by atoms with van der Waals surface area (Å²) in [6.07, 6.45) is 4.19. The molecule has 1 N–H and O–H groups in total. The molecule has 1 atom stereocenters. The number of nitrogens with zero attached hydrogens (tertiary/aromatic N) is 2. The first-order chi connectivity index (χ1) is 8.76. The number of anilines is 1. The highest BCUT2D eigenvalue weighted by atomic mass is 35.5. The van der Waals surface area contributed by atoms with Gasteiger partial charge in [-0.15, -0.1) is 0 Å². The van der Waals surface area contributed by atoms with E-state index >= 15 is 0 Å². The van der Waals surface area contributed by atoms with Crippen LogP contribution < -0.4 is 4.90 Å². The van der Waals surface area contributed by atoms with Gasteiger partial charge in [-0.2, -0.15) is 5.26 Å². The topological polar surface area (TPSA) is 47.3 Å². The van der Waals surface area contributed by atoms with Crippen LogP contribution >= 0.6 is 11.6 Å². The fraction of sp³-hybridized carbons (Fsp3) is 0.500. The van der Waals surface area contributed by atoms with Crippen molar-refractivity contribution in [3.05, 3.63) is 28.8 Å². The average Bonchev–Trinajstić information content (AvgIpc) is 2.84. The van der Waals surface area contributed by atoms with Crippen molar-refractivity contribution in [1.82, 2.24) is 0 Å². The maximum Gasteiger partial charge on any atom is 0.101 e. The van der Waals surface area contributed by atoms with Crippen LogP contribution in [0, 0.1) is 11.3 Å². The molecule has 3 nitrogen and oxygen atoms in total. The number of aliphatic hydroxyl groups excluding tert-OH is 1. The second kappa shape index (κ2) is 6.08. The van der Waals surface area contributed by atoms with Crippen molar-refractivity contribution in [2.24, 2.45) is 0 Å². The number of benzene rings is 1. The van der Waals surface area contributed by atoms with Gasteiger partial charge in [0.15, 0.2) is 0 Å². The Morgan fingerprint density at radius 3 is 3.00 bits per heavy atom. The lowest BCUT2D eigenvalue weighted by Crippen LogP contribution is -2.29.